The van der Waals surface area contributed by atoms with Crippen LogP contribution in [0, 0.1) is 6.92 Å². The second kappa shape index (κ2) is 6.42. The SMILES string of the molecule is Cc1cccc2c1CCN2C(=O)C(C)Oc1cccc(CO)c1. The third-order valence-electron chi connectivity index (χ3n) is 4.27. The summed E-state index contributed by atoms with van der Waals surface area (Å²) in [4.78, 5) is 14.5. The number of hydrogen-bond donors (Lipinski definition) is 1. The van der Waals surface area contributed by atoms with Gasteiger partial charge in [0.1, 0.15) is 5.75 Å². The highest BCUT2D eigenvalue weighted by Crippen LogP contribution is 2.31. The van der Waals surface area contributed by atoms with Crippen molar-refractivity contribution in [1.82, 2.24) is 0 Å². The molecule has 4 heteroatoms. The minimum atomic E-state index is -0.574. The van der Waals surface area contributed by atoms with E-state index in [0.717, 1.165) is 17.7 Å². The van der Waals surface area contributed by atoms with Crippen molar-refractivity contribution < 1.29 is 14.6 Å². The van der Waals surface area contributed by atoms with E-state index in [1.807, 2.05) is 29.2 Å². The molecule has 0 spiro atoms. The first-order valence-electron chi connectivity index (χ1n) is 7.86. The van der Waals surface area contributed by atoms with Crippen LogP contribution < -0.4 is 9.64 Å². The van der Waals surface area contributed by atoms with Gasteiger partial charge in [0, 0.05) is 12.2 Å². The fourth-order valence-electron chi connectivity index (χ4n) is 3.03. The van der Waals surface area contributed by atoms with E-state index in [0.29, 0.717) is 12.3 Å². The molecule has 0 bridgehead atoms. The maximum Gasteiger partial charge on any atom is 0.267 e. The largest absolute Gasteiger partial charge is 0.481 e. The first kappa shape index (κ1) is 15.6. The summed E-state index contributed by atoms with van der Waals surface area (Å²) in [5.41, 5.74) is 4.23. The molecule has 2 aromatic carbocycles. The highest BCUT2D eigenvalue weighted by atomic mass is 16.5. The number of nitrogens with zero attached hydrogens (tertiary/aromatic N) is 1. The molecule has 120 valence electrons. The van der Waals surface area contributed by atoms with Crippen LogP contribution in [0.1, 0.15) is 23.6 Å². The number of amides is 1. The Labute approximate surface area is 136 Å². The van der Waals surface area contributed by atoms with E-state index in [9.17, 15) is 9.90 Å². The summed E-state index contributed by atoms with van der Waals surface area (Å²) in [6.07, 6.45) is 0.316. The molecule has 0 aromatic heterocycles. The van der Waals surface area contributed by atoms with Gasteiger partial charge in [-0.2, -0.15) is 0 Å². The number of aliphatic hydroxyl groups excluding tert-OH is 1. The molecule has 0 saturated carbocycles. The summed E-state index contributed by atoms with van der Waals surface area (Å²) < 4.78 is 5.77. The lowest BCUT2D eigenvalue weighted by Gasteiger charge is -2.22. The second-order valence-corrected chi connectivity index (χ2v) is 5.88. The monoisotopic (exact) mass is 311 g/mol. The molecule has 0 aliphatic carbocycles. The van der Waals surface area contributed by atoms with Crippen molar-refractivity contribution in [3.05, 3.63) is 59.2 Å². The zero-order valence-corrected chi connectivity index (χ0v) is 13.5. The van der Waals surface area contributed by atoms with Crippen molar-refractivity contribution in [3.8, 4) is 5.75 Å². The molecule has 4 nitrogen and oxygen atoms in total. The van der Waals surface area contributed by atoms with Gasteiger partial charge in [0.15, 0.2) is 6.10 Å². The molecule has 1 N–H and O–H groups in total. The van der Waals surface area contributed by atoms with Crippen LogP contribution in [0.25, 0.3) is 0 Å². The highest BCUT2D eigenvalue weighted by molar-refractivity contribution is 5.98. The first-order valence-corrected chi connectivity index (χ1v) is 7.86. The molecule has 3 rings (SSSR count). The molecule has 0 radical (unpaired) electrons. The normalized spacial score (nSPS) is 14.5. The number of hydrogen-bond acceptors (Lipinski definition) is 3. The average molecular weight is 311 g/mol. The van der Waals surface area contributed by atoms with Crippen LogP contribution in [0.3, 0.4) is 0 Å². The topological polar surface area (TPSA) is 49.8 Å². The van der Waals surface area contributed by atoms with E-state index in [1.165, 1.54) is 11.1 Å². The van der Waals surface area contributed by atoms with E-state index in [-0.39, 0.29) is 12.5 Å². The number of benzene rings is 2. The number of anilines is 1. The first-order chi connectivity index (χ1) is 11.1. The lowest BCUT2D eigenvalue weighted by atomic mass is 10.1. The molecule has 1 aliphatic rings. The van der Waals surface area contributed by atoms with Crippen molar-refractivity contribution in [2.24, 2.45) is 0 Å². The van der Waals surface area contributed by atoms with E-state index in [1.54, 1.807) is 19.1 Å². The van der Waals surface area contributed by atoms with E-state index in [2.05, 4.69) is 13.0 Å². The summed E-state index contributed by atoms with van der Waals surface area (Å²) in [7, 11) is 0. The molecule has 1 amide bonds. The van der Waals surface area contributed by atoms with Gasteiger partial charge in [0.2, 0.25) is 0 Å². The van der Waals surface area contributed by atoms with Crippen LogP contribution in [-0.2, 0) is 17.8 Å². The van der Waals surface area contributed by atoms with Gasteiger partial charge in [0.05, 0.1) is 6.61 Å². The number of fused-ring (bicyclic) bond motifs is 1. The van der Waals surface area contributed by atoms with Crippen LogP contribution in [0.15, 0.2) is 42.5 Å². The number of aryl methyl sites for hydroxylation is 1. The minimum absolute atomic E-state index is 0.0382. The van der Waals surface area contributed by atoms with Gasteiger partial charge >= 0.3 is 0 Å². The molecule has 1 aliphatic heterocycles. The van der Waals surface area contributed by atoms with Gasteiger partial charge in [-0.15, -0.1) is 0 Å². The second-order valence-electron chi connectivity index (χ2n) is 5.88. The molecule has 0 saturated heterocycles. The van der Waals surface area contributed by atoms with Crippen molar-refractivity contribution >= 4 is 11.6 Å². The Hall–Kier alpha value is -2.33. The van der Waals surface area contributed by atoms with Crippen LogP contribution in [0.4, 0.5) is 5.69 Å². The Morgan fingerprint density at radius 1 is 1.30 bits per heavy atom. The zero-order valence-electron chi connectivity index (χ0n) is 13.5. The number of carbonyl (C=O) groups is 1. The predicted molar refractivity (Wildman–Crippen MR) is 89.7 cm³/mol. The van der Waals surface area contributed by atoms with Crippen molar-refractivity contribution in [2.75, 3.05) is 11.4 Å². The standard InChI is InChI=1S/C19H21NO3/c1-13-5-3-8-18-17(13)9-10-20(18)19(22)14(2)23-16-7-4-6-15(11-16)12-21/h3-8,11,14,21H,9-10,12H2,1-2H3. The number of carbonyl (C=O) groups excluding carboxylic acids is 1. The van der Waals surface area contributed by atoms with Crippen LogP contribution in [0.2, 0.25) is 0 Å². The summed E-state index contributed by atoms with van der Waals surface area (Å²) >= 11 is 0. The quantitative estimate of drug-likeness (QED) is 0.944. The Balaban J connectivity index is 1.75. The molecule has 1 unspecified atom stereocenters. The van der Waals surface area contributed by atoms with Gasteiger partial charge in [-0.3, -0.25) is 4.79 Å². The Morgan fingerprint density at radius 2 is 2.09 bits per heavy atom. The molecule has 0 fully saturated rings. The van der Waals surface area contributed by atoms with E-state index in [4.69, 9.17) is 4.74 Å². The summed E-state index contributed by atoms with van der Waals surface area (Å²) in [6.45, 7) is 4.50. The lowest BCUT2D eigenvalue weighted by Crippen LogP contribution is -2.39. The fourth-order valence-corrected chi connectivity index (χ4v) is 3.03. The molecular formula is C19H21NO3. The molecular weight excluding hydrogens is 290 g/mol. The zero-order chi connectivity index (χ0) is 16.4. The van der Waals surface area contributed by atoms with Gasteiger partial charge < -0.3 is 14.7 Å². The summed E-state index contributed by atoms with van der Waals surface area (Å²) in [5.74, 6) is 0.560. The smallest absolute Gasteiger partial charge is 0.267 e. The van der Waals surface area contributed by atoms with Crippen molar-refractivity contribution in [2.45, 2.75) is 33.0 Å². The third-order valence-corrected chi connectivity index (χ3v) is 4.27. The Morgan fingerprint density at radius 3 is 2.87 bits per heavy atom. The molecule has 1 heterocycles. The highest BCUT2D eigenvalue weighted by Gasteiger charge is 2.29. The fraction of sp³-hybridized carbons (Fsp3) is 0.316. The third kappa shape index (κ3) is 3.08. The summed E-state index contributed by atoms with van der Waals surface area (Å²) in [5, 5.41) is 9.18. The van der Waals surface area contributed by atoms with Crippen LogP contribution in [0.5, 0.6) is 5.75 Å². The maximum absolute atomic E-state index is 12.7. The number of aliphatic hydroxyl groups is 1. The molecule has 1 atom stereocenters. The van der Waals surface area contributed by atoms with Crippen LogP contribution in [-0.4, -0.2) is 23.7 Å². The van der Waals surface area contributed by atoms with Gasteiger partial charge in [-0.05, 0) is 55.2 Å². The summed E-state index contributed by atoms with van der Waals surface area (Å²) in [6, 6.07) is 13.2. The number of rotatable bonds is 4. The Bertz CT molecular complexity index is 726. The molecule has 23 heavy (non-hydrogen) atoms. The van der Waals surface area contributed by atoms with Gasteiger partial charge in [0.25, 0.3) is 5.91 Å². The maximum atomic E-state index is 12.7. The van der Waals surface area contributed by atoms with Crippen LogP contribution >= 0.6 is 0 Å². The van der Waals surface area contributed by atoms with Crippen molar-refractivity contribution in [1.29, 1.82) is 0 Å². The minimum Gasteiger partial charge on any atom is -0.481 e. The van der Waals surface area contributed by atoms with Gasteiger partial charge in [-0.1, -0.05) is 24.3 Å². The van der Waals surface area contributed by atoms with E-state index >= 15 is 0 Å². The average Bonchev–Trinajstić information content (AvgIpc) is 2.99. The molecule has 2 aromatic rings. The lowest BCUT2D eigenvalue weighted by molar-refractivity contribution is -0.124. The predicted octanol–water partition coefficient (Wildman–Crippen LogP) is 2.84. The number of ether oxygens (including phenoxy) is 1. The van der Waals surface area contributed by atoms with Crippen molar-refractivity contribution in [3.63, 3.8) is 0 Å². The van der Waals surface area contributed by atoms with E-state index < -0.39 is 6.10 Å². The Kier molecular flexibility index (Phi) is 4.35. The van der Waals surface area contributed by atoms with Gasteiger partial charge in [-0.25, -0.2) is 0 Å².